The number of carbonyl (C=O) groups excluding carboxylic acids is 1. The largest absolute Gasteiger partial charge is 0.496 e. The van der Waals surface area contributed by atoms with Gasteiger partial charge in [0.1, 0.15) is 29.1 Å². The molecule has 10 heteroatoms. The van der Waals surface area contributed by atoms with Gasteiger partial charge in [-0.3, -0.25) is 19.6 Å². The van der Waals surface area contributed by atoms with Gasteiger partial charge in [-0.2, -0.15) is 5.10 Å². The van der Waals surface area contributed by atoms with Gasteiger partial charge in [0, 0.05) is 11.3 Å². The molecule has 0 bridgehead atoms. The lowest BCUT2D eigenvalue weighted by molar-refractivity contribution is -0.386. The van der Waals surface area contributed by atoms with Crippen LogP contribution in [-0.4, -0.2) is 32.6 Å². The molecule has 184 valence electrons. The first-order valence-electron chi connectivity index (χ1n) is 11.4. The van der Waals surface area contributed by atoms with Crippen LogP contribution < -0.4 is 10.1 Å². The van der Waals surface area contributed by atoms with Gasteiger partial charge in [0.25, 0.3) is 5.91 Å². The van der Waals surface area contributed by atoms with Crippen LogP contribution in [0.3, 0.4) is 0 Å². The summed E-state index contributed by atoms with van der Waals surface area (Å²) in [5.41, 5.74) is 3.76. The van der Waals surface area contributed by atoms with E-state index in [1.807, 2.05) is 42.5 Å². The third-order valence-corrected chi connectivity index (χ3v) is 6.39. The number of furan rings is 1. The molecule has 1 N–H and O–H groups in total. The number of anilines is 1. The highest BCUT2D eigenvalue weighted by atomic mass is 16.6. The summed E-state index contributed by atoms with van der Waals surface area (Å²) in [6, 6.07) is 16.7. The van der Waals surface area contributed by atoms with Gasteiger partial charge >= 0.3 is 5.69 Å². The number of hydrogen-bond donors (Lipinski definition) is 1. The second-order valence-corrected chi connectivity index (χ2v) is 8.61. The fourth-order valence-electron chi connectivity index (χ4n) is 4.65. The van der Waals surface area contributed by atoms with Crippen LogP contribution in [0.15, 0.2) is 65.3 Å². The van der Waals surface area contributed by atoms with Crippen LogP contribution in [0.2, 0.25) is 0 Å². The third-order valence-electron chi connectivity index (χ3n) is 6.39. The lowest BCUT2D eigenvalue weighted by atomic mass is 10.0. The number of benzene rings is 2. The number of rotatable bonds is 7. The van der Waals surface area contributed by atoms with Crippen LogP contribution in [0.1, 0.15) is 44.8 Å². The van der Waals surface area contributed by atoms with Crippen LogP contribution in [-0.2, 0) is 13.1 Å². The average Bonchev–Trinajstić information content (AvgIpc) is 3.48. The number of para-hydroxylation sites is 1. The Morgan fingerprint density at radius 2 is 1.94 bits per heavy atom. The van der Waals surface area contributed by atoms with E-state index in [0.29, 0.717) is 28.5 Å². The average molecular weight is 488 g/mol. The molecule has 1 unspecified atom stereocenters. The predicted octanol–water partition coefficient (Wildman–Crippen LogP) is 4.82. The highest BCUT2D eigenvalue weighted by Gasteiger charge is 2.34. The van der Waals surface area contributed by atoms with Crippen molar-refractivity contribution in [2.24, 2.45) is 0 Å². The van der Waals surface area contributed by atoms with Gasteiger partial charge in [-0.1, -0.05) is 18.2 Å². The minimum absolute atomic E-state index is 0.00546. The van der Waals surface area contributed by atoms with Gasteiger partial charge < -0.3 is 19.4 Å². The molecule has 2 aromatic heterocycles. The molecule has 0 radical (unpaired) electrons. The second-order valence-electron chi connectivity index (χ2n) is 8.61. The van der Waals surface area contributed by atoms with E-state index in [1.165, 1.54) is 0 Å². The predicted molar refractivity (Wildman–Crippen MR) is 132 cm³/mol. The topological polar surface area (TPSA) is 116 Å². The van der Waals surface area contributed by atoms with Crippen molar-refractivity contribution in [2.75, 3.05) is 12.4 Å². The minimum atomic E-state index is -0.475. The standard InChI is InChI=1S/C26H25N5O5/c1-16-24(31(33)34)17(2)30(28-16)14-19-13-18(10-11-23(19)35-3)25-27-22-9-5-4-8-21(22)26(32)29(25)15-20-7-6-12-36-20/h4-13,25,27H,14-15H2,1-3H3. The Kier molecular flexibility index (Phi) is 5.93. The summed E-state index contributed by atoms with van der Waals surface area (Å²) in [6.07, 6.45) is 1.11. The van der Waals surface area contributed by atoms with E-state index in [-0.39, 0.29) is 24.7 Å². The van der Waals surface area contributed by atoms with Crippen LogP contribution in [0.5, 0.6) is 5.75 Å². The maximum atomic E-state index is 13.5. The molecule has 0 saturated heterocycles. The molecule has 1 atom stereocenters. The molecule has 10 nitrogen and oxygen atoms in total. The number of methoxy groups -OCH3 is 1. The lowest BCUT2D eigenvalue weighted by Gasteiger charge is -2.38. The zero-order valence-corrected chi connectivity index (χ0v) is 20.1. The van der Waals surface area contributed by atoms with E-state index in [9.17, 15) is 14.9 Å². The van der Waals surface area contributed by atoms with E-state index < -0.39 is 11.1 Å². The zero-order valence-electron chi connectivity index (χ0n) is 20.1. The molecule has 4 aromatic rings. The summed E-state index contributed by atoms with van der Waals surface area (Å²) in [5.74, 6) is 1.17. The maximum absolute atomic E-state index is 13.5. The lowest BCUT2D eigenvalue weighted by Crippen LogP contribution is -2.42. The summed E-state index contributed by atoms with van der Waals surface area (Å²) in [7, 11) is 1.57. The molecular weight excluding hydrogens is 462 g/mol. The SMILES string of the molecule is COc1ccc(C2Nc3ccccc3C(=O)N2Cc2ccco2)cc1Cn1nc(C)c([N+](=O)[O-])c1C. The Morgan fingerprint density at radius 3 is 2.64 bits per heavy atom. The Balaban J connectivity index is 1.55. The maximum Gasteiger partial charge on any atom is 0.312 e. The summed E-state index contributed by atoms with van der Waals surface area (Å²) < 4.78 is 12.7. The van der Waals surface area contributed by atoms with Crippen molar-refractivity contribution in [3.63, 3.8) is 0 Å². The molecule has 0 aliphatic carbocycles. The van der Waals surface area contributed by atoms with Crippen LogP contribution in [0.25, 0.3) is 0 Å². The molecule has 0 fully saturated rings. The van der Waals surface area contributed by atoms with Crippen molar-refractivity contribution in [3.8, 4) is 5.75 Å². The molecule has 36 heavy (non-hydrogen) atoms. The fourth-order valence-corrected chi connectivity index (χ4v) is 4.65. The number of carbonyl (C=O) groups is 1. The van der Waals surface area contributed by atoms with Gasteiger partial charge in [0.05, 0.1) is 36.9 Å². The van der Waals surface area contributed by atoms with Crippen LogP contribution >= 0.6 is 0 Å². The van der Waals surface area contributed by atoms with Crippen molar-refractivity contribution >= 4 is 17.3 Å². The van der Waals surface area contributed by atoms with Crippen LogP contribution in [0.4, 0.5) is 11.4 Å². The van der Waals surface area contributed by atoms with Crippen molar-refractivity contribution in [2.45, 2.75) is 33.1 Å². The normalized spacial score (nSPS) is 14.9. The monoisotopic (exact) mass is 487 g/mol. The molecule has 1 aliphatic heterocycles. The smallest absolute Gasteiger partial charge is 0.312 e. The molecule has 0 spiro atoms. The van der Waals surface area contributed by atoms with Gasteiger partial charge in [-0.25, -0.2) is 0 Å². The van der Waals surface area contributed by atoms with E-state index in [4.69, 9.17) is 9.15 Å². The van der Waals surface area contributed by atoms with Gasteiger partial charge in [-0.15, -0.1) is 0 Å². The van der Waals surface area contributed by atoms with Crippen LogP contribution in [0, 0.1) is 24.0 Å². The molecule has 2 aromatic carbocycles. The first kappa shape index (κ1) is 23.2. The van der Waals surface area contributed by atoms with Gasteiger partial charge in [0.15, 0.2) is 0 Å². The van der Waals surface area contributed by atoms with Crippen molar-refractivity contribution in [1.29, 1.82) is 0 Å². The summed E-state index contributed by atoms with van der Waals surface area (Å²) in [6.45, 7) is 3.85. The number of nitrogens with one attached hydrogen (secondary N) is 1. The molecule has 1 aliphatic rings. The second kappa shape index (κ2) is 9.21. The number of nitrogens with zero attached hydrogens (tertiary/aromatic N) is 4. The van der Waals surface area contributed by atoms with E-state index in [2.05, 4.69) is 10.4 Å². The number of hydrogen-bond acceptors (Lipinski definition) is 7. The van der Waals surface area contributed by atoms with Crippen molar-refractivity contribution < 1.29 is 18.9 Å². The van der Waals surface area contributed by atoms with E-state index in [0.717, 1.165) is 16.8 Å². The Labute approximate surface area is 207 Å². The van der Waals surface area contributed by atoms with E-state index in [1.54, 1.807) is 48.9 Å². The summed E-state index contributed by atoms with van der Waals surface area (Å²) in [5, 5.41) is 19.3. The van der Waals surface area contributed by atoms with Crippen molar-refractivity contribution in [1.82, 2.24) is 14.7 Å². The number of aryl methyl sites for hydroxylation is 1. The molecular formula is C26H25N5O5. The molecule has 0 saturated carbocycles. The molecule has 3 heterocycles. The Bertz CT molecular complexity index is 1440. The molecule has 1 amide bonds. The first-order chi connectivity index (χ1) is 17.4. The highest BCUT2D eigenvalue weighted by molar-refractivity contribution is 6.01. The Hall–Kier alpha value is -4.60. The van der Waals surface area contributed by atoms with Crippen molar-refractivity contribution in [3.05, 3.63) is 105 Å². The zero-order chi connectivity index (χ0) is 25.4. The van der Waals surface area contributed by atoms with Gasteiger partial charge in [0.2, 0.25) is 0 Å². The highest BCUT2D eigenvalue weighted by Crippen LogP contribution is 2.36. The minimum Gasteiger partial charge on any atom is -0.496 e. The number of aromatic nitrogens is 2. The number of ether oxygens (including phenoxy) is 1. The number of fused-ring (bicyclic) bond motifs is 1. The molecule has 5 rings (SSSR count). The van der Waals surface area contributed by atoms with E-state index >= 15 is 0 Å². The third kappa shape index (κ3) is 4.06. The fraction of sp³-hybridized carbons (Fsp3) is 0.231. The summed E-state index contributed by atoms with van der Waals surface area (Å²) in [4.78, 5) is 26.3. The van der Waals surface area contributed by atoms with Gasteiger partial charge in [-0.05, 0) is 55.8 Å². The summed E-state index contributed by atoms with van der Waals surface area (Å²) >= 11 is 0. The first-order valence-corrected chi connectivity index (χ1v) is 11.4. The Morgan fingerprint density at radius 1 is 1.14 bits per heavy atom. The number of amides is 1. The number of nitro groups is 1. The quantitative estimate of drug-likeness (QED) is 0.293.